The summed E-state index contributed by atoms with van der Waals surface area (Å²) in [7, 11) is 0. The number of hydrogen-bond acceptors (Lipinski definition) is 2. The van der Waals surface area contributed by atoms with E-state index in [2.05, 4.69) is 5.32 Å². The van der Waals surface area contributed by atoms with E-state index < -0.39 is 0 Å². The SMILES string of the molecule is O=C1C2CNCC12. The molecule has 1 saturated heterocycles. The van der Waals surface area contributed by atoms with Crippen LogP contribution in [0.1, 0.15) is 0 Å². The first-order valence-corrected chi connectivity index (χ1v) is 2.64. The Morgan fingerprint density at radius 2 is 2.00 bits per heavy atom. The average molecular weight is 97.1 g/mol. The highest BCUT2D eigenvalue weighted by Gasteiger charge is 2.51. The Balaban J connectivity index is 2.19. The van der Waals surface area contributed by atoms with Gasteiger partial charge in [0.1, 0.15) is 5.78 Å². The van der Waals surface area contributed by atoms with Gasteiger partial charge < -0.3 is 5.32 Å². The van der Waals surface area contributed by atoms with Gasteiger partial charge in [-0.15, -0.1) is 0 Å². The number of rotatable bonds is 0. The lowest BCUT2D eigenvalue weighted by Crippen LogP contribution is -2.13. The molecule has 0 radical (unpaired) electrons. The van der Waals surface area contributed by atoms with Crippen LogP contribution in [0.3, 0.4) is 0 Å². The molecule has 7 heavy (non-hydrogen) atoms. The zero-order valence-electron chi connectivity index (χ0n) is 3.98. The number of carbonyl (C=O) groups excluding carboxylic acids is 1. The standard InChI is InChI=1S/C5H7NO/c7-5-3-1-6-2-4(3)5/h3-4,6H,1-2H2. The van der Waals surface area contributed by atoms with Crippen LogP contribution in [0.5, 0.6) is 0 Å². The van der Waals surface area contributed by atoms with E-state index >= 15 is 0 Å². The molecule has 0 spiro atoms. The van der Waals surface area contributed by atoms with Gasteiger partial charge in [0, 0.05) is 24.9 Å². The fourth-order valence-corrected chi connectivity index (χ4v) is 1.23. The van der Waals surface area contributed by atoms with Gasteiger partial charge in [0.2, 0.25) is 0 Å². The predicted molar refractivity (Wildman–Crippen MR) is 24.9 cm³/mol. The maximum Gasteiger partial charge on any atom is 0.143 e. The minimum atomic E-state index is 0.431. The molecule has 1 saturated carbocycles. The molecule has 1 N–H and O–H groups in total. The van der Waals surface area contributed by atoms with Crippen LogP contribution in [0.4, 0.5) is 0 Å². The monoisotopic (exact) mass is 97.1 g/mol. The maximum atomic E-state index is 10.5. The molecule has 2 atom stereocenters. The molecule has 0 amide bonds. The van der Waals surface area contributed by atoms with Crippen molar-refractivity contribution in [1.29, 1.82) is 0 Å². The van der Waals surface area contributed by atoms with Crippen LogP contribution in [-0.2, 0) is 4.79 Å². The van der Waals surface area contributed by atoms with E-state index in [0.29, 0.717) is 17.6 Å². The second-order valence-electron chi connectivity index (χ2n) is 2.27. The molecular weight excluding hydrogens is 90.1 g/mol. The van der Waals surface area contributed by atoms with Crippen molar-refractivity contribution in [2.75, 3.05) is 13.1 Å². The Hall–Kier alpha value is -0.370. The van der Waals surface area contributed by atoms with Gasteiger partial charge in [-0.25, -0.2) is 0 Å². The molecule has 2 aliphatic rings. The Kier molecular flexibility index (Phi) is 0.460. The molecule has 1 heterocycles. The summed E-state index contributed by atoms with van der Waals surface area (Å²) in [6.45, 7) is 1.90. The van der Waals surface area contributed by atoms with E-state index in [-0.39, 0.29) is 0 Å². The highest BCUT2D eigenvalue weighted by Crippen LogP contribution is 2.35. The van der Waals surface area contributed by atoms with Gasteiger partial charge in [0.15, 0.2) is 0 Å². The first kappa shape index (κ1) is 3.61. The van der Waals surface area contributed by atoms with Gasteiger partial charge in [-0.05, 0) is 0 Å². The molecule has 0 aromatic rings. The summed E-state index contributed by atoms with van der Waals surface area (Å²) in [6, 6.07) is 0. The van der Waals surface area contributed by atoms with Crippen molar-refractivity contribution in [3.05, 3.63) is 0 Å². The summed E-state index contributed by atoms with van der Waals surface area (Å²) in [5, 5.41) is 3.13. The third-order valence-corrected chi connectivity index (χ3v) is 1.84. The minimum absolute atomic E-state index is 0.431. The summed E-state index contributed by atoms with van der Waals surface area (Å²) in [4.78, 5) is 10.5. The Morgan fingerprint density at radius 1 is 1.43 bits per heavy atom. The highest BCUT2D eigenvalue weighted by molar-refractivity contribution is 6.00. The lowest BCUT2D eigenvalue weighted by atomic mass is 10.4. The topological polar surface area (TPSA) is 29.1 Å². The van der Waals surface area contributed by atoms with Gasteiger partial charge >= 0.3 is 0 Å². The molecule has 2 unspecified atom stereocenters. The van der Waals surface area contributed by atoms with E-state index in [1.54, 1.807) is 0 Å². The zero-order valence-corrected chi connectivity index (χ0v) is 3.98. The van der Waals surface area contributed by atoms with Gasteiger partial charge in [0.05, 0.1) is 0 Å². The number of fused-ring (bicyclic) bond motifs is 1. The lowest BCUT2D eigenvalue weighted by Gasteiger charge is -1.86. The van der Waals surface area contributed by atoms with E-state index in [4.69, 9.17) is 0 Å². The second-order valence-corrected chi connectivity index (χ2v) is 2.27. The quantitative estimate of drug-likeness (QED) is 0.437. The summed E-state index contributed by atoms with van der Waals surface area (Å²) in [5.41, 5.74) is 0. The van der Waals surface area contributed by atoms with Crippen LogP contribution in [0.2, 0.25) is 0 Å². The predicted octanol–water partition coefficient (Wildman–Crippen LogP) is -0.595. The lowest BCUT2D eigenvalue weighted by molar-refractivity contribution is -0.112. The number of ketones is 1. The van der Waals surface area contributed by atoms with Crippen molar-refractivity contribution in [1.82, 2.24) is 5.32 Å². The first-order chi connectivity index (χ1) is 3.39. The van der Waals surface area contributed by atoms with E-state index in [9.17, 15) is 4.79 Å². The molecule has 0 bridgehead atoms. The van der Waals surface area contributed by atoms with Gasteiger partial charge in [-0.1, -0.05) is 0 Å². The summed E-state index contributed by atoms with van der Waals surface area (Å²) in [6.07, 6.45) is 0. The molecule has 2 nitrogen and oxygen atoms in total. The molecule has 2 fully saturated rings. The number of hydrogen-bond donors (Lipinski definition) is 1. The molecular formula is C5H7NO. The van der Waals surface area contributed by atoms with Crippen molar-refractivity contribution in [2.24, 2.45) is 11.8 Å². The average Bonchev–Trinajstić information content (AvgIpc) is 2.26. The van der Waals surface area contributed by atoms with Crippen LogP contribution in [0, 0.1) is 11.8 Å². The van der Waals surface area contributed by atoms with Gasteiger partial charge in [-0.3, -0.25) is 4.79 Å². The van der Waals surface area contributed by atoms with Crippen molar-refractivity contribution < 1.29 is 4.79 Å². The minimum Gasteiger partial charge on any atom is -0.315 e. The van der Waals surface area contributed by atoms with Crippen LogP contribution in [-0.4, -0.2) is 18.9 Å². The highest BCUT2D eigenvalue weighted by atomic mass is 16.1. The Morgan fingerprint density at radius 3 is 2.29 bits per heavy atom. The maximum absolute atomic E-state index is 10.5. The largest absolute Gasteiger partial charge is 0.315 e. The van der Waals surface area contributed by atoms with Crippen molar-refractivity contribution in [3.63, 3.8) is 0 Å². The number of carbonyl (C=O) groups is 1. The molecule has 0 aromatic carbocycles. The molecule has 38 valence electrons. The van der Waals surface area contributed by atoms with E-state index in [1.807, 2.05) is 0 Å². The fourth-order valence-electron chi connectivity index (χ4n) is 1.23. The summed E-state index contributed by atoms with van der Waals surface area (Å²) in [5.74, 6) is 1.35. The zero-order chi connectivity index (χ0) is 4.85. The van der Waals surface area contributed by atoms with Crippen molar-refractivity contribution in [2.45, 2.75) is 0 Å². The van der Waals surface area contributed by atoms with Crippen molar-refractivity contribution >= 4 is 5.78 Å². The normalized spacial score (nSPS) is 46.6. The third-order valence-electron chi connectivity index (χ3n) is 1.84. The number of nitrogens with one attached hydrogen (secondary N) is 1. The molecule has 1 aliphatic carbocycles. The van der Waals surface area contributed by atoms with Crippen LogP contribution in [0.25, 0.3) is 0 Å². The molecule has 0 aromatic heterocycles. The molecule has 2 heteroatoms. The third kappa shape index (κ3) is 0.304. The summed E-state index contributed by atoms with van der Waals surface area (Å²) >= 11 is 0. The fraction of sp³-hybridized carbons (Fsp3) is 0.800. The summed E-state index contributed by atoms with van der Waals surface area (Å²) < 4.78 is 0. The van der Waals surface area contributed by atoms with Gasteiger partial charge in [0.25, 0.3) is 0 Å². The first-order valence-electron chi connectivity index (χ1n) is 2.64. The van der Waals surface area contributed by atoms with Crippen molar-refractivity contribution in [3.8, 4) is 0 Å². The van der Waals surface area contributed by atoms with E-state index in [0.717, 1.165) is 13.1 Å². The van der Waals surface area contributed by atoms with Crippen LogP contribution < -0.4 is 5.32 Å². The van der Waals surface area contributed by atoms with E-state index in [1.165, 1.54) is 0 Å². The van der Waals surface area contributed by atoms with Crippen LogP contribution >= 0.6 is 0 Å². The Bertz CT molecular complexity index is 109. The number of Topliss-reactive ketones (excluding diaryl/α,β-unsaturated/α-hetero) is 1. The Labute approximate surface area is 41.9 Å². The second kappa shape index (κ2) is 0.892. The van der Waals surface area contributed by atoms with Gasteiger partial charge in [-0.2, -0.15) is 0 Å². The molecule has 1 aliphatic heterocycles. The number of piperidine rings is 1. The smallest absolute Gasteiger partial charge is 0.143 e. The molecule has 2 rings (SSSR count). The van der Waals surface area contributed by atoms with Crippen LogP contribution in [0.15, 0.2) is 0 Å².